The van der Waals surface area contributed by atoms with Crippen molar-refractivity contribution in [1.82, 2.24) is 15.3 Å². The van der Waals surface area contributed by atoms with E-state index < -0.39 is 11.7 Å². The minimum absolute atomic E-state index is 0.253. The zero-order valence-electron chi connectivity index (χ0n) is 16.5. The molecule has 5 nitrogen and oxygen atoms in total. The number of anilines is 1. The van der Waals surface area contributed by atoms with Crippen LogP contribution in [-0.4, -0.2) is 29.6 Å². The largest absolute Gasteiger partial charge is 0.435 e. The molecule has 2 aromatic carbocycles. The van der Waals surface area contributed by atoms with E-state index in [-0.39, 0.29) is 5.89 Å². The van der Waals surface area contributed by atoms with Crippen LogP contribution in [0.3, 0.4) is 0 Å². The van der Waals surface area contributed by atoms with Gasteiger partial charge in [0.1, 0.15) is 0 Å². The van der Waals surface area contributed by atoms with Crippen molar-refractivity contribution in [3.63, 3.8) is 0 Å². The predicted octanol–water partition coefficient (Wildman–Crippen LogP) is 5.47. The molecule has 1 unspecified atom stereocenters. The van der Waals surface area contributed by atoms with Gasteiger partial charge in [-0.1, -0.05) is 12.1 Å². The van der Waals surface area contributed by atoms with Crippen LogP contribution in [-0.2, 0) is 6.18 Å². The smallest absolute Gasteiger partial charge is 0.416 e. The zero-order valence-corrected chi connectivity index (χ0v) is 16.5. The highest BCUT2D eigenvalue weighted by molar-refractivity contribution is 6.05. The number of alkyl halides is 3. The van der Waals surface area contributed by atoms with Crippen LogP contribution < -0.4 is 10.6 Å². The second-order valence-corrected chi connectivity index (χ2v) is 7.15. The van der Waals surface area contributed by atoms with E-state index in [9.17, 15) is 13.2 Å². The number of halogens is 3. The van der Waals surface area contributed by atoms with Crippen LogP contribution >= 0.6 is 0 Å². The number of aromatic nitrogens is 2. The summed E-state index contributed by atoms with van der Waals surface area (Å²) in [5, 5.41) is 7.30. The molecule has 0 spiro atoms. The molecule has 30 heavy (non-hydrogen) atoms. The van der Waals surface area contributed by atoms with E-state index in [1.54, 1.807) is 0 Å². The number of pyridine rings is 1. The van der Waals surface area contributed by atoms with Crippen LogP contribution in [0.5, 0.6) is 0 Å². The van der Waals surface area contributed by atoms with Crippen molar-refractivity contribution >= 4 is 27.8 Å². The van der Waals surface area contributed by atoms with Crippen molar-refractivity contribution in [3.05, 3.63) is 54.1 Å². The van der Waals surface area contributed by atoms with Gasteiger partial charge in [-0.2, -0.15) is 13.2 Å². The van der Waals surface area contributed by atoms with E-state index in [1.807, 2.05) is 31.3 Å². The maximum Gasteiger partial charge on any atom is 0.416 e. The molecule has 0 aliphatic rings. The lowest BCUT2D eigenvalue weighted by Crippen LogP contribution is -2.24. The molecular weight excluding hydrogens is 393 g/mol. The predicted molar refractivity (Wildman–Crippen MR) is 111 cm³/mol. The summed E-state index contributed by atoms with van der Waals surface area (Å²) in [6.45, 7) is 2.77. The first-order chi connectivity index (χ1) is 14.4. The summed E-state index contributed by atoms with van der Waals surface area (Å²) in [6.07, 6.45) is -3.50. The minimum Gasteiger partial charge on any atom is -0.435 e. The SMILES string of the molecule is CNC(C)CCNc1nc2ccccc2c2oc(-c3ccc(C(F)(F)F)cc3)nc12. The fraction of sp³-hybridized carbons (Fsp3) is 0.273. The number of hydrogen-bond acceptors (Lipinski definition) is 5. The van der Waals surface area contributed by atoms with Gasteiger partial charge in [0, 0.05) is 23.5 Å². The number of benzene rings is 2. The number of oxazole rings is 1. The van der Waals surface area contributed by atoms with Crippen molar-refractivity contribution in [2.75, 3.05) is 18.9 Å². The molecule has 4 rings (SSSR count). The summed E-state index contributed by atoms with van der Waals surface area (Å²) in [6, 6.07) is 12.7. The molecule has 2 N–H and O–H groups in total. The molecule has 156 valence electrons. The molecular formula is C22H21F3N4O. The monoisotopic (exact) mass is 414 g/mol. The Hall–Kier alpha value is -3.13. The van der Waals surface area contributed by atoms with E-state index in [1.165, 1.54) is 12.1 Å². The molecule has 0 aliphatic heterocycles. The summed E-state index contributed by atoms with van der Waals surface area (Å²) < 4.78 is 44.6. The van der Waals surface area contributed by atoms with E-state index >= 15 is 0 Å². The van der Waals surface area contributed by atoms with Crippen LogP contribution in [0, 0.1) is 0 Å². The fourth-order valence-corrected chi connectivity index (χ4v) is 3.20. The van der Waals surface area contributed by atoms with E-state index in [2.05, 4.69) is 27.5 Å². The molecule has 0 bridgehead atoms. The summed E-state index contributed by atoms with van der Waals surface area (Å²) >= 11 is 0. The van der Waals surface area contributed by atoms with Crippen LogP contribution in [0.4, 0.5) is 19.0 Å². The molecule has 2 heterocycles. The molecule has 2 aromatic heterocycles. The van der Waals surface area contributed by atoms with E-state index in [0.29, 0.717) is 35.1 Å². The molecule has 0 amide bonds. The molecule has 0 saturated carbocycles. The van der Waals surface area contributed by atoms with Crippen LogP contribution in [0.2, 0.25) is 0 Å². The minimum atomic E-state index is -4.39. The van der Waals surface area contributed by atoms with Gasteiger partial charge in [-0.05, 0) is 56.8 Å². The number of rotatable bonds is 6. The Morgan fingerprint density at radius 3 is 2.47 bits per heavy atom. The summed E-state index contributed by atoms with van der Waals surface area (Å²) in [5.74, 6) is 0.845. The Balaban J connectivity index is 1.76. The highest BCUT2D eigenvalue weighted by atomic mass is 19.4. The quantitative estimate of drug-likeness (QED) is 0.438. The Labute approximate surface area is 171 Å². The summed E-state index contributed by atoms with van der Waals surface area (Å²) in [5.41, 5.74) is 1.62. The first-order valence-corrected chi connectivity index (χ1v) is 9.65. The third-order valence-electron chi connectivity index (χ3n) is 5.05. The first-order valence-electron chi connectivity index (χ1n) is 9.65. The average molecular weight is 414 g/mol. The average Bonchev–Trinajstić information content (AvgIpc) is 3.19. The molecule has 4 aromatic rings. The van der Waals surface area contributed by atoms with Crippen molar-refractivity contribution in [2.24, 2.45) is 0 Å². The topological polar surface area (TPSA) is 63.0 Å². The van der Waals surface area contributed by atoms with Gasteiger partial charge in [0.25, 0.3) is 0 Å². The first kappa shape index (κ1) is 20.2. The molecule has 8 heteroatoms. The van der Waals surface area contributed by atoms with Gasteiger partial charge in [0.05, 0.1) is 11.1 Å². The van der Waals surface area contributed by atoms with Gasteiger partial charge in [0.15, 0.2) is 16.9 Å². The van der Waals surface area contributed by atoms with E-state index in [4.69, 9.17) is 4.42 Å². The number of para-hydroxylation sites is 1. The van der Waals surface area contributed by atoms with Gasteiger partial charge < -0.3 is 15.1 Å². The van der Waals surface area contributed by atoms with E-state index in [0.717, 1.165) is 29.5 Å². The normalized spacial score (nSPS) is 13.1. The molecule has 0 aliphatic carbocycles. The van der Waals surface area contributed by atoms with Gasteiger partial charge in [0.2, 0.25) is 5.89 Å². The number of nitrogens with one attached hydrogen (secondary N) is 2. The lowest BCUT2D eigenvalue weighted by atomic mass is 10.1. The Kier molecular flexibility index (Phi) is 5.34. The second kappa shape index (κ2) is 7.95. The highest BCUT2D eigenvalue weighted by Crippen LogP contribution is 2.35. The van der Waals surface area contributed by atoms with Gasteiger partial charge in [-0.25, -0.2) is 9.97 Å². The molecule has 0 saturated heterocycles. The number of hydrogen-bond donors (Lipinski definition) is 2. The summed E-state index contributed by atoms with van der Waals surface area (Å²) in [7, 11) is 1.91. The molecule has 0 fully saturated rings. The van der Waals surface area contributed by atoms with Crippen LogP contribution in [0.25, 0.3) is 33.5 Å². The van der Waals surface area contributed by atoms with Crippen molar-refractivity contribution in [1.29, 1.82) is 0 Å². The third-order valence-corrected chi connectivity index (χ3v) is 5.05. The van der Waals surface area contributed by atoms with Gasteiger partial charge in [-0.3, -0.25) is 0 Å². The zero-order chi connectivity index (χ0) is 21.3. The number of nitrogens with zero attached hydrogens (tertiary/aromatic N) is 2. The van der Waals surface area contributed by atoms with Crippen LogP contribution in [0.15, 0.2) is 52.9 Å². The Morgan fingerprint density at radius 2 is 1.77 bits per heavy atom. The van der Waals surface area contributed by atoms with Crippen LogP contribution in [0.1, 0.15) is 18.9 Å². The Bertz CT molecular complexity index is 1170. The third kappa shape index (κ3) is 3.95. The fourth-order valence-electron chi connectivity index (χ4n) is 3.20. The maximum atomic E-state index is 12.9. The lowest BCUT2D eigenvalue weighted by molar-refractivity contribution is -0.137. The highest BCUT2D eigenvalue weighted by Gasteiger charge is 2.30. The maximum absolute atomic E-state index is 12.9. The second-order valence-electron chi connectivity index (χ2n) is 7.15. The van der Waals surface area contributed by atoms with Crippen molar-refractivity contribution < 1.29 is 17.6 Å². The molecule has 0 radical (unpaired) electrons. The summed E-state index contributed by atoms with van der Waals surface area (Å²) in [4.78, 5) is 9.23. The van der Waals surface area contributed by atoms with Crippen molar-refractivity contribution in [3.8, 4) is 11.5 Å². The van der Waals surface area contributed by atoms with Gasteiger partial charge >= 0.3 is 6.18 Å². The standard InChI is InChI=1S/C22H21F3N4O/c1-13(26-2)11-12-27-20-18-19(16-5-3-4-6-17(16)28-20)30-21(29-18)14-7-9-15(10-8-14)22(23,24)25/h3-10,13,26H,11-12H2,1-2H3,(H,27,28). The lowest BCUT2D eigenvalue weighted by Gasteiger charge is -2.11. The Morgan fingerprint density at radius 1 is 1.03 bits per heavy atom. The van der Waals surface area contributed by atoms with Gasteiger partial charge in [-0.15, -0.1) is 0 Å². The number of fused-ring (bicyclic) bond motifs is 3. The van der Waals surface area contributed by atoms with Crippen molar-refractivity contribution in [2.45, 2.75) is 25.6 Å². The molecule has 1 atom stereocenters.